The second-order valence-corrected chi connectivity index (χ2v) is 3.26. The van der Waals surface area contributed by atoms with Crippen molar-refractivity contribution in [3.63, 3.8) is 0 Å². The van der Waals surface area contributed by atoms with Gasteiger partial charge in [0.25, 0.3) is 5.91 Å². The van der Waals surface area contributed by atoms with E-state index in [0.29, 0.717) is 6.61 Å². The number of aromatic nitrogens is 2. The molecule has 1 aromatic rings. The Bertz CT molecular complexity index is 388. The van der Waals surface area contributed by atoms with E-state index in [0.717, 1.165) is 0 Å². The first kappa shape index (κ1) is 12.2. The molecule has 1 rings (SSSR count). The van der Waals surface area contributed by atoms with Gasteiger partial charge in [-0.3, -0.25) is 4.79 Å². The fourth-order valence-corrected chi connectivity index (χ4v) is 1.21. The van der Waals surface area contributed by atoms with Crippen molar-refractivity contribution >= 4 is 11.9 Å². The molecule has 0 saturated heterocycles. The lowest BCUT2D eigenvalue weighted by Gasteiger charge is -2.11. The van der Waals surface area contributed by atoms with Crippen molar-refractivity contribution in [2.75, 3.05) is 13.7 Å². The number of methoxy groups -OCH3 is 1. The van der Waals surface area contributed by atoms with E-state index in [4.69, 9.17) is 9.84 Å². The van der Waals surface area contributed by atoms with Gasteiger partial charge in [-0.15, -0.1) is 0 Å². The van der Waals surface area contributed by atoms with Gasteiger partial charge in [-0.25, -0.2) is 9.78 Å². The molecule has 88 valence electrons. The minimum absolute atomic E-state index is 0.129. The number of carbonyl (C=O) groups is 2. The van der Waals surface area contributed by atoms with Crippen LogP contribution in [0.5, 0.6) is 0 Å². The van der Waals surface area contributed by atoms with Gasteiger partial charge >= 0.3 is 5.97 Å². The number of carboxylic acids is 1. The number of nitrogens with zero attached hydrogens (tertiary/aromatic N) is 1. The van der Waals surface area contributed by atoms with Gasteiger partial charge in [0, 0.05) is 13.2 Å². The van der Waals surface area contributed by atoms with Crippen LogP contribution in [-0.4, -0.2) is 46.7 Å². The number of nitrogens with one attached hydrogen (secondary N) is 2. The van der Waals surface area contributed by atoms with Gasteiger partial charge in [0.1, 0.15) is 0 Å². The topological polar surface area (TPSA) is 104 Å². The molecule has 3 N–H and O–H groups in total. The summed E-state index contributed by atoms with van der Waals surface area (Å²) in [4.78, 5) is 28.4. The van der Waals surface area contributed by atoms with Crippen molar-refractivity contribution in [3.8, 4) is 0 Å². The van der Waals surface area contributed by atoms with Crippen LogP contribution in [0.1, 0.15) is 27.9 Å². The van der Waals surface area contributed by atoms with Gasteiger partial charge < -0.3 is 20.1 Å². The summed E-state index contributed by atoms with van der Waals surface area (Å²) in [6.45, 7) is 2.09. The zero-order valence-electron chi connectivity index (χ0n) is 8.98. The van der Waals surface area contributed by atoms with Crippen molar-refractivity contribution in [1.29, 1.82) is 0 Å². The maximum absolute atomic E-state index is 11.6. The number of ether oxygens (including phenoxy) is 1. The molecule has 0 fully saturated rings. The molecule has 7 heteroatoms. The second kappa shape index (κ2) is 5.26. The summed E-state index contributed by atoms with van der Waals surface area (Å²) in [5.41, 5.74) is -0.349. The van der Waals surface area contributed by atoms with E-state index in [1.54, 1.807) is 6.92 Å². The third-order valence-electron chi connectivity index (χ3n) is 1.86. The molecule has 1 amide bonds. The Hall–Kier alpha value is -1.89. The zero-order chi connectivity index (χ0) is 12.1. The first-order valence-electron chi connectivity index (χ1n) is 4.62. The Morgan fingerprint density at radius 1 is 1.69 bits per heavy atom. The highest BCUT2D eigenvalue weighted by Gasteiger charge is 2.20. The molecule has 7 nitrogen and oxygen atoms in total. The monoisotopic (exact) mass is 227 g/mol. The number of hydrogen-bond acceptors (Lipinski definition) is 4. The van der Waals surface area contributed by atoms with Crippen LogP contribution in [0.25, 0.3) is 0 Å². The lowest BCUT2D eigenvalue weighted by atomic mass is 10.3. The van der Waals surface area contributed by atoms with E-state index >= 15 is 0 Å². The average Bonchev–Trinajstić information content (AvgIpc) is 2.65. The maximum Gasteiger partial charge on any atom is 0.354 e. The predicted molar refractivity (Wildman–Crippen MR) is 54.4 cm³/mol. The molecular weight excluding hydrogens is 214 g/mol. The third kappa shape index (κ3) is 2.80. The first-order valence-corrected chi connectivity index (χ1v) is 4.62. The Kier molecular flexibility index (Phi) is 4.01. The molecule has 0 saturated carbocycles. The Morgan fingerprint density at radius 2 is 2.38 bits per heavy atom. The fraction of sp³-hybridized carbons (Fsp3) is 0.444. The summed E-state index contributed by atoms with van der Waals surface area (Å²) < 4.78 is 4.84. The summed E-state index contributed by atoms with van der Waals surface area (Å²) in [5, 5.41) is 11.3. The van der Waals surface area contributed by atoms with Crippen molar-refractivity contribution in [2.45, 2.75) is 13.0 Å². The van der Waals surface area contributed by atoms with Gasteiger partial charge in [-0.1, -0.05) is 0 Å². The van der Waals surface area contributed by atoms with Crippen LogP contribution in [0.3, 0.4) is 0 Å². The Morgan fingerprint density at radius 3 is 2.94 bits per heavy atom. The third-order valence-corrected chi connectivity index (χ3v) is 1.86. The number of aromatic amines is 1. The molecule has 0 aliphatic rings. The van der Waals surface area contributed by atoms with Gasteiger partial charge in [0.2, 0.25) is 0 Å². The highest BCUT2D eigenvalue weighted by molar-refractivity contribution is 6.02. The summed E-state index contributed by atoms with van der Waals surface area (Å²) in [7, 11) is 1.51. The summed E-state index contributed by atoms with van der Waals surface area (Å²) in [6.07, 6.45) is 1.17. The van der Waals surface area contributed by atoms with Crippen LogP contribution >= 0.6 is 0 Å². The lowest BCUT2D eigenvalue weighted by molar-refractivity contribution is 0.0683. The second-order valence-electron chi connectivity index (χ2n) is 3.26. The van der Waals surface area contributed by atoms with E-state index in [2.05, 4.69) is 15.3 Å². The van der Waals surface area contributed by atoms with Crippen LogP contribution in [0, 0.1) is 0 Å². The Labute approximate surface area is 91.8 Å². The number of rotatable bonds is 5. The number of carboxylic acid groups (broad SMARTS) is 1. The molecular formula is C9H13N3O4. The van der Waals surface area contributed by atoms with E-state index in [9.17, 15) is 9.59 Å². The molecule has 0 spiro atoms. The smallest absolute Gasteiger partial charge is 0.354 e. The summed E-state index contributed by atoms with van der Waals surface area (Å²) >= 11 is 0. The van der Waals surface area contributed by atoms with Crippen LogP contribution in [-0.2, 0) is 4.74 Å². The van der Waals surface area contributed by atoms with Crippen LogP contribution in [0.4, 0.5) is 0 Å². The number of H-pyrrole nitrogens is 1. The normalized spacial score (nSPS) is 12.1. The molecule has 0 bridgehead atoms. The Balaban J connectivity index is 2.73. The maximum atomic E-state index is 11.6. The van der Waals surface area contributed by atoms with Crippen molar-refractivity contribution in [3.05, 3.63) is 17.7 Å². The molecule has 16 heavy (non-hydrogen) atoms. The lowest BCUT2D eigenvalue weighted by Crippen LogP contribution is -2.36. The van der Waals surface area contributed by atoms with E-state index < -0.39 is 11.9 Å². The van der Waals surface area contributed by atoms with Gasteiger partial charge in [-0.2, -0.15) is 0 Å². The first-order chi connectivity index (χ1) is 7.56. The minimum Gasteiger partial charge on any atom is -0.477 e. The molecule has 0 aromatic carbocycles. The quantitative estimate of drug-likeness (QED) is 0.650. The number of carbonyl (C=O) groups excluding carboxylic acids is 1. The van der Waals surface area contributed by atoms with Crippen molar-refractivity contribution in [2.24, 2.45) is 0 Å². The van der Waals surface area contributed by atoms with E-state index in [1.807, 2.05) is 0 Å². The summed E-state index contributed by atoms with van der Waals surface area (Å²) in [5.74, 6) is -1.76. The number of aromatic carboxylic acids is 1. The predicted octanol–water partition coefficient (Wildman–Crippen LogP) is -0.127. The highest BCUT2D eigenvalue weighted by Crippen LogP contribution is 2.02. The fourth-order valence-electron chi connectivity index (χ4n) is 1.21. The highest BCUT2D eigenvalue weighted by atomic mass is 16.5. The molecule has 1 unspecified atom stereocenters. The molecule has 0 radical (unpaired) electrons. The number of hydrogen-bond donors (Lipinski definition) is 3. The largest absolute Gasteiger partial charge is 0.477 e. The van der Waals surface area contributed by atoms with Crippen molar-refractivity contribution < 1.29 is 19.4 Å². The van der Waals surface area contributed by atoms with E-state index in [-0.39, 0.29) is 17.4 Å². The number of imidazole rings is 1. The van der Waals surface area contributed by atoms with Gasteiger partial charge in [0.05, 0.1) is 12.9 Å². The van der Waals surface area contributed by atoms with Crippen LogP contribution in [0.2, 0.25) is 0 Å². The van der Waals surface area contributed by atoms with Crippen LogP contribution < -0.4 is 5.32 Å². The minimum atomic E-state index is -1.22. The summed E-state index contributed by atoms with van der Waals surface area (Å²) in [6, 6.07) is -0.212. The molecule has 1 heterocycles. The standard InChI is InChI=1S/C9H13N3O4/c1-5(3-16-2)12-8(13)6-7(9(14)15)11-4-10-6/h4-5H,3H2,1-2H3,(H,10,11)(H,12,13)(H,14,15). The van der Waals surface area contributed by atoms with Crippen LogP contribution in [0.15, 0.2) is 6.33 Å². The zero-order valence-corrected chi connectivity index (χ0v) is 8.98. The van der Waals surface area contributed by atoms with E-state index in [1.165, 1.54) is 13.4 Å². The van der Waals surface area contributed by atoms with Crippen molar-refractivity contribution in [1.82, 2.24) is 15.3 Å². The molecule has 1 aromatic heterocycles. The molecule has 1 atom stereocenters. The van der Waals surface area contributed by atoms with Gasteiger partial charge in [-0.05, 0) is 6.92 Å². The molecule has 0 aliphatic heterocycles. The molecule has 0 aliphatic carbocycles. The number of amides is 1. The average molecular weight is 227 g/mol. The van der Waals surface area contributed by atoms with Gasteiger partial charge in [0.15, 0.2) is 11.4 Å². The SMILES string of the molecule is COCC(C)NC(=O)c1nc[nH]c1C(=O)O.